The molecule has 0 bridgehead atoms. The molecule has 2 aliphatic heterocycles. The molecular weight excluding hydrogens is 476 g/mol. The molecule has 1 saturated heterocycles. The van der Waals surface area contributed by atoms with Gasteiger partial charge in [-0.3, -0.25) is 9.36 Å². The molecule has 0 spiro atoms. The summed E-state index contributed by atoms with van der Waals surface area (Å²) in [4.78, 5) is 31.1. The number of ether oxygens (including phenoxy) is 1. The lowest BCUT2D eigenvalue weighted by Crippen LogP contribution is -2.37. The fraction of sp³-hybridized carbons (Fsp3) is 0.474. The van der Waals surface area contributed by atoms with E-state index in [-0.39, 0.29) is 29.5 Å². The highest BCUT2D eigenvalue weighted by Gasteiger charge is 2.39. The van der Waals surface area contributed by atoms with Gasteiger partial charge in [0.25, 0.3) is 5.91 Å². The summed E-state index contributed by atoms with van der Waals surface area (Å²) in [5.74, 6) is -2.73. The molecule has 4 heterocycles. The molecule has 9 nitrogen and oxygen atoms in total. The summed E-state index contributed by atoms with van der Waals surface area (Å²) in [5.41, 5.74) is 0.0546. The van der Waals surface area contributed by atoms with E-state index in [9.17, 15) is 31.1 Å². The number of methoxy groups -OCH3 is 1. The highest BCUT2D eigenvalue weighted by molar-refractivity contribution is 5.97. The van der Waals surface area contributed by atoms with E-state index in [0.29, 0.717) is 19.7 Å². The molecule has 0 aliphatic carbocycles. The molecule has 0 radical (unpaired) electrons. The van der Waals surface area contributed by atoms with Crippen molar-refractivity contribution in [3.63, 3.8) is 0 Å². The maximum atomic E-state index is 12.8. The van der Waals surface area contributed by atoms with E-state index in [0.717, 1.165) is 24.5 Å². The number of carbonyl (C=O) groups excluding carboxylic acids is 1. The van der Waals surface area contributed by atoms with E-state index >= 15 is 0 Å². The Bertz CT molecular complexity index is 1050. The van der Waals surface area contributed by atoms with Gasteiger partial charge in [-0.2, -0.15) is 26.3 Å². The molecule has 2 aromatic heterocycles. The second-order valence-corrected chi connectivity index (χ2v) is 7.53. The fourth-order valence-electron chi connectivity index (χ4n) is 3.58. The van der Waals surface area contributed by atoms with Crippen molar-refractivity contribution in [3.8, 4) is 5.82 Å². The molecule has 2 N–H and O–H groups in total. The molecule has 2 aliphatic rings. The van der Waals surface area contributed by atoms with E-state index in [2.05, 4.69) is 15.3 Å². The van der Waals surface area contributed by atoms with E-state index in [1.54, 1.807) is 24.1 Å². The SMILES string of the molecule is COC[C@@H]1C[C@@H](N2Cc3ccc(-n4cnc(C(F)(F)F)c4)nc3C2=O)CN1.O=C(O)C(F)(F)F. The quantitative estimate of drug-likeness (QED) is 0.627. The number of carbonyl (C=O) groups is 2. The minimum Gasteiger partial charge on any atom is -0.475 e. The van der Waals surface area contributed by atoms with Crippen LogP contribution in [0.25, 0.3) is 5.82 Å². The number of alkyl halides is 6. The number of pyridine rings is 1. The summed E-state index contributed by atoms with van der Waals surface area (Å²) in [6.07, 6.45) is -6.91. The normalized spacial score (nSPS) is 20.2. The number of imidazole rings is 1. The third-order valence-electron chi connectivity index (χ3n) is 5.16. The molecule has 2 atom stereocenters. The second kappa shape index (κ2) is 9.58. The Kier molecular flexibility index (Phi) is 7.16. The molecule has 34 heavy (non-hydrogen) atoms. The standard InChI is InChI=1S/C17H18F3N5O2.C2HF3O2/c1-27-8-11-4-12(5-21-11)25-6-10-2-3-14(23-15(10)16(25)26)24-7-13(22-9-24)17(18,19)20;3-2(4,5)1(6)7/h2-3,7,9,11-12,21H,4-6,8H2,1H3;(H,6,7)/t11-,12+;/m0./s1. The first kappa shape index (κ1) is 25.4. The number of rotatable bonds is 4. The monoisotopic (exact) mass is 495 g/mol. The van der Waals surface area contributed by atoms with Crippen molar-refractivity contribution in [2.75, 3.05) is 20.3 Å². The Morgan fingerprint density at radius 2 is 1.94 bits per heavy atom. The zero-order chi connectivity index (χ0) is 25.3. The molecule has 2 aromatic rings. The zero-order valence-corrected chi connectivity index (χ0v) is 17.5. The average molecular weight is 495 g/mol. The topological polar surface area (TPSA) is 110 Å². The van der Waals surface area contributed by atoms with Crippen LogP contribution in [0, 0.1) is 0 Å². The Morgan fingerprint density at radius 1 is 1.26 bits per heavy atom. The number of hydrogen-bond acceptors (Lipinski definition) is 6. The van der Waals surface area contributed by atoms with Gasteiger partial charge in [0.05, 0.1) is 6.61 Å². The van der Waals surface area contributed by atoms with Crippen molar-refractivity contribution >= 4 is 11.9 Å². The third-order valence-corrected chi connectivity index (χ3v) is 5.16. The molecule has 0 aromatic carbocycles. The van der Waals surface area contributed by atoms with Crippen molar-refractivity contribution in [3.05, 3.63) is 41.6 Å². The number of carboxylic acid groups (broad SMARTS) is 1. The predicted octanol–water partition coefficient (Wildman–Crippen LogP) is 2.25. The van der Waals surface area contributed by atoms with Crippen LogP contribution in [0.3, 0.4) is 0 Å². The summed E-state index contributed by atoms with van der Waals surface area (Å²) >= 11 is 0. The third kappa shape index (κ3) is 5.64. The largest absolute Gasteiger partial charge is 0.490 e. The summed E-state index contributed by atoms with van der Waals surface area (Å²) in [6, 6.07) is 3.57. The highest BCUT2D eigenvalue weighted by atomic mass is 19.4. The minimum absolute atomic E-state index is 0.0420. The lowest BCUT2D eigenvalue weighted by molar-refractivity contribution is -0.192. The Hall–Kier alpha value is -3.20. The number of nitrogens with zero attached hydrogens (tertiary/aromatic N) is 4. The smallest absolute Gasteiger partial charge is 0.475 e. The van der Waals surface area contributed by atoms with Crippen LogP contribution in [0.1, 0.15) is 28.2 Å². The number of aliphatic carboxylic acids is 1. The first-order valence-corrected chi connectivity index (χ1v) is 9.76. The molecular formula is C19H19F6N5O4. The number of halogens is 6. The summed E-state index contributed by atoms with van der Waals surface area (Å²) in [6.45, 7) is 1.71. The molecule has 0 saturated carbocycles. The summed E-state index contributed by atoms with van der Waals surface area (Å²) in [7, 11) is 1.64. The first-order valence-electron chi connectivity index (χ1n) is 9.76. The maximum Gasteiger partial charge on any atom is 0.490 e. The highest BCUT2D eigenvalue weighted by Crippen LogP contribution is 2.30. The summed E-state index contributed by atoms with van der Waals surface area (Å²) < 4.78 is 76.3. The zero-order valence-electron chi connectivity index (χ0n) is 17.5. The van der Waals surface area contributed by atoms with E-state index < -0.39 is 24.0 Å². The Labute approximate surface area is 188 Å². The van der Waals surface area contributed by atoms with Crippen LogP contribution in [0.4, 0.5) is 26.3 Å². The average Bonchev–Trinajstić information content (AvgIpc) is 3.47. The van der Waals surface area contributed by atoms with Gasteiger partial charge in [-0.05, 0) is 12.5 Å². The van der Waals surface area contributed by atoms with Crippen LogP contribution in [0.15, 0.2) is 24.7 Å². The van der Waals surface area contributed by atoms with Crippen LogP contribution in [0.5, 0.6) is 0 Å². The van der Waals surface area contributed by atoms with E-state index in [1.165, 1.54) is 4.57 Å². The number of amides is 1. The Balaban J connectivity index is 0.000000406. The van der Waals surface area contributed by atoms with Crippen LogP contribution < -0.4 is 5.32 Å². The molecule has 0 unspecified atom stereocenters. The molecule has 186 valence electrons. The van der Waals surface area contributed by atoms with Crippen molar-refractivity contribution in [1.29, 1.82) is 0 Å². The van der Waals surface area contributed by atoms with Gasteiger partial charge in [0.2, 0.25) is 0 Å². The maximum absolute atomic E-state index is 12.8. The number of nitrogens with one attached hydrogen (secondary N) is 1. The van der Waals surface area contributed by atoms with Gasteiger partial charge in [0.15, 0.2) is 5.69 Å². The lowest BCUT2D eigenvalue weighted by atomic mass is 10.1. The van der Waals surface area contributed by atoms with Gasteiger partial charge in [-0.25, -0.2) is 14.8 Å². The molecule has 1 fully saturated rings. The van der Waals surface area contributed by atoms with Gasteiger partial charge in [-0.1, -0.05) is 6.07 Å². The predicted molar refractivity (Wildman–Crippen MR) is 102 cm³/mol. The van der Waals surface area contributed by atoms with Gasteiger partial charge < -0.3 is 20.1 Å². The van der Waals surface area contributed by atoms with Crippen LogP contribution in [-0.2, 0) is 22.3 Å². The van der Waals surface area contributed by atoms with E-state index in [4.69, 9.17) is 14.6 Å². The second-order valence-electron chi connectivity index (χ2n) is 7.53. The molecule has 1 amide bonds. The number of fused-ring (bicyclic) bond motifs is 1. The van der Waals surface area contributed by atoms with Gasteiger partial charge in [0.1, 0.15) is 17.8 Å². The Morgan fingerprint density at radius 3 is 2.50 bits per heavy atom. The summed E-state index contributed by atoms with van der Waals surface area (Å²) in [5, 5.41) is 10.5. The van der Waals surface area contributed by atoms with Crippen molar-refractivity contribution in [2.45, 2.75) is 37.4 Å². The number of hydrogen-bond donors (Lipinski definition) is 2. The molecule has 4 rings (SSSR count). The van der Waals surface area contributed by atoms with Crippen molar-refractivity contribution < 1.29 is 45.8 Å². The van der Waals surface area contributed by atoms with E-state index in [1.807, 2.05) is 0 Å². The van der Waals surface area contributed by atoms with Crippen LogP contribution in [-0.4, -0.2) is 74.9 Å². The van der Waals surface area contributed by atoms with Crippen molar-refractivity contribution in [1.82, 2.24) is 24.8 Å². The number of aromatic nitrogens is 3. The fourth-order valence-corrected chi connectivity index (χ4v) is 3.58. The van der Waals surface area contributed by atoms with Gasteiger partial charge in [0, 0.05) is 44.0 Å². The number of carboxylic acids is 1. The molecule has 15 heteroatoms. The van der Waals surface area contributed by atoms with Crippen molar-refractivity contribution in [2.24, 2.45) is 0 Å². The van der Waals surface area contributed by atoms with Crippen LogP contribution in [0.2, 0.25) is 0 Å². The first-order chi connectivity index (χ1) is 15.8. The minimum atomic E-state index is -5.08. The lowest BCUT2D eigenvalue weighted by Gasteiger charge is -2.22. The van der Waals surface area contributed by atoms with Gasteiger partial charge >= 0.3 is 18.3 Å². The van der Waals surface area contributed by atoms with Crippen LogP contribution >= 0.6 is 0 Å². The van der Waals surface area contributed by atoms with Gasteiger partial charge in [-0.15, -0.1) is 0 Å².